The molecule has 0 radical (unpaired) electrons. The van der Waals surface area contributed by atoms with Crippen LogP contribution in [-0.2, 0) is 17.5 Å². The average molecular weight is 1020 g/mol. The number of halogens is 3. The molecule has 380 valence electrons. The van der Waals surface area contributed by atoms with E-state index in [1.165, 1.54) is 12.1 Å². The lowest BCUT2D eigenvalue weighted by molar-refractivity contribution is -0.199. The number of anilines is 2. The van der Waals surface area contributed by atoms with Crippen LogP contribution in [0.25, 0.3) is 10.4 Å². The Labute approximate surface area is 425 Å². The summed E-state index contributed by atoms with van der Waals surface area (Å²) in [5, 5.41) is 28.8. The smallest absolute Gasteiger partial charge is 0.417 e. The minimum Gasteiger partial charge on any atom is -0.506 e. The Kier molecular flexibility index (Phi) is 13.7. The van der Waals surface area contributed by atoms with Crippen LogP contribution in [0.1, 0.15) is 115 Å². The highest BCUT2D eigenvalue weighted by molar-refractivity contribution is 7.13. The van der Waals surface area contributed by atoms with Gasteiger partial charge in [-0.3, -0.25) is 23.7 Å². The zero-order chi connectivity index (χ0) is 52.9. The van der Waals surface area contributed by atoms with Gasteiger partial charge in [0.05, 0.1) is 45.5 Å². The highest BCUT2D eigenvalue weighted by atomic mass is 32.1. The number of alkyl halides is 3. The van der Waals surface area contributed by atoms with Crippen molar-refractivity contribution >= 4 is 46.3 Å². The predicted octanol–water partition coefficient (Wildman–Crippen LogP) is 10.8. The van der Waals surface area contributed by atoms with E-state index in [0.717, 1.165) is 50.2 Å². The number of nitriles is 1. The van der Waals surface area contributed by atoms with E-state index in [2.05, 4.69) is 20.9 Å². The molecule has 1 fully saturated rings. The van der Waals surface area contributed by atoms with Crippen LogP contribution in [-0.4, -0.2) is 68.0 Å². The van der Waals surface area contributed by atoms with E-state index >= 15 is 0 Å². The fourth-order valence-electron chi connectivity index (χ4n) is 10.5. The number of hydrogen-bond acceptors (Lipinski definition) is 11. The van der Waals surface area contributed by atoms with Gasteiger partial charge in [-0.25, -0.2) is 4.98 Å². The lowest BCUT2D eigenvalue weighted by Crippen LogP contribution is -2.74. The predicted molar refractivity (Wildman–Crippen MR) is 270 cm³/mol. The first kappa shape index (κ1) is 51.7. The maximum atomic E-state index is 14.2. The number of benzene rings is 4. The summed E-state index contributed by atoms with van der Waals surface area (Å²) in [6.45, 7) is 16.6. The van der Waals surface area contributed by atoms with Crippen molar-refractivity contribution in [3.05, 3.63) is 142 Å². The summed E-state index contributed by atoms with van der Waals surface area (Å²) in [4.78, 5) is 62.4. The maximum Gasteiger partial charge on any atom is 0.417 e. The van der Waals surface area contributed by atoms with Crippen LogP contribution in [0.3, 0.4) is 0 Å². The van der Waals surface area contributed by atoms with Crippen LogP contribution in [0.5, 0.6) is 17.2 Å². The Balaban J connectivity index is 0.879. The third-order valence-corrected chi connectivity index (χ3v) is 14.6. The van der Waals surface area contributed by atoms with Gasteiger partial charge in [0.2, 0.25) is 0 Å². The number of nitrogens with zero attached hydrogens (tertiary/aromatic N) is 4. The number of rotatable bonds is 14. The summed E-state index contributed by atoms with van der Waals surface area (Å²) in [6.07, 6.45) is -4.15. The molecule has 1 aliphatic carbocycles. The zero-order valence-electron chi connectivity index (χ0n) is 41.8. The minimum absolute atomic E-state index is 0.0118. The van der Waals surface area contributed by atoms with Crippen molar-refractivity contribution < 1.29 is 46.9 Å². The summed E-state index contributed by atoms with van der Waals surface area (Å²) in [5.41, 5.74) is 3.31. The number of fused-ring (bicyclic) bond motifs is 1. The van der Waals surface area contributed by atoms with Gasteiger partial charge in [0, 0.05) is 52.5 Å². The maximum absolute atomic E-state index is 14.2. The molecule has 18 heteroatoms. The van der Waals surface area contributed by atoms with Gasteiger partial charge in [0.25, 0.3) is 23.6 Å². The normalized spacial score (nSPS) is 17.6. The topological polar surface area (TPSA) is 188 Å². The van der Waals surface area contributed by atoms with Crippen LogP contribution in [0.15, 0.2) is 103 Å². The zero-order valence-corrected chi connectivity index (χ0v) is 42.6. The summed E-state index contributed by atoms with van der Waals surface area (Å²) >= 11 is 1.54. The number of amides is 3. The standard InChI is InChI=1S/C55H56F3N7O7S/c1-30(32-13-15-33(16-14-32)45-31(2)60-29-73-45)61-47(68)43-23-38(66)27-64(43)49(70)46(52(3,4)5)63-44(67)28-71-39-12-10-11-36(22-39)62-37-18-20-41-35(21-37)26-65(48(41)69)50-53(6,7)51(54(50,8)9)72-40-19-17-34(25-59)42(24-40)55(56,57)58/h10-24,27,29-30,46,50-51,62,66H,26,28H2,1-9H3,(H,61,68)(H,63,67)/t30-,46?,50?,51?/m1/s1. The van der Waals surface area contributed by atoms with Gasteiger partial charge in [-0.15, -0.1) is 11.3 Å². The van der Waals surface area contributed by atoms with Crippen molar-refractivity contribution in [3.8, 4) is 33.8 Å². The quantitative estimate of drug-likeness (QED) is 0.0818. The van der Waals surface area contributed by atoms with Gasteiger partial charge < -0.3 is 35.4 Å². The van der Waals surface area contributed by atoms with Crippen LogP contribution in [0.4, 0.5) is 24.5 Å². The molecule has 8 rings (SSSR count). The summed E-state index contributed by atoms with van der Waals surface area (Å²) in [6, 6.07) is 24.2. The molecule has 0 spiro atoms. The van der Waals surface area contributed by atoms with E-state index in [1.807, 2.05) is 71.9 Å². The minimum atomic E-state index is -4.74. The van der Waals surface area contributed by atoms with Crippen LogP contribution in [0.2, 0.25) is 0 Å². The van der Waals surface area contributed by atoms with Gasteiger partial charge in [0.15, 0.2) is 6.61 Å². The number of hydrogen-bond donors (Lipinski definition) is 4. The van der Waals surface area contributed by atoms with Crippen molar-refractivity contribution in [2.75, 3.05) is 11.9 Å². The molecule has 14 nitrogen and oxygen atoms in total. The van der Waals surface area contributed by atoms with E-state index in [0.29, 0.717) is 29.2 Å². The summed E-state index contributed by atoms with van der Waals surface area (Å²) < 4.78 is 54.4. The molecular weight excluding hydrogens is 960 g/mol. The van der Waals surface area contributed by atoms with Crippen molar-refractivity contribution in [3.63, 3.8) is 0 Å². The molecular formula is C55H56F3N7O7S. The first-order valence-electron chi connectivity index (χ1n) is 23.6. The molecule has 3 amide bonds. The molecule has 1 unspecified atom stereocenters. The van der Waals surface area contributed by atoms with E-state index in [1.54, 1.807) is 85.0 Å². The molecule has 1 aliphatic heterocycles. The molecule has 3 heterocycles. The molecule has 2 atom stereocenters. The summed E-state index contributed by atoms with van der Waals surface area (Å²) in [5.74, 6) is -1.98. The number of aromatic nitrogens is 2. The Morgan fingerprint density at radius 3 is 2.27 bits per heavy atom. The second-order valence-electron chi connectivity index (χ2n) is 20.8. The van der Waals surface area contributed by atoms with Crippen molar-refractivity contribution in [2.45, 2.75) is 99.3 Å². The van der Waals surface area contributed by atoms with Crippen LogP contribution < -0.4 is 25.4 Å². The first-order chi connectivity index (χ1) is 34.3. The van der Waals surface area contributed by atoms with E-state index in [9.17, 15) is 42.7 Å². The van der Waals surface area contributed by atoms with Gasteiger partial charge in [-0.05, 0) is 84.5 Å². The number of aryl methyl sites for hydroxylation is 1. The Morgan fingerprint density at radius 1 is 0.932 bits per heavy atom. The Morgan fingerprint density at radius 2 is 1.63 bits per heavy atom. The number of carbonyl (C=O) groups excluding carboxylic acids is 4. The molecule has 1 saturated carbocycles. The van der Waals surface area contributed by atoms with Crippen LogP contribution >= 0.6 is 11.3 Å². The van der Waals surface area contributed by atoms with Gasteiger partial charge >= 0.3 is 6.18 Å². The molecule has 4 N–H and O–H groups in total. The molecule has 0 saturated heterocycles. The number of carbonyl (C=O) groups is 4. The van der Waals surface area contributed by atoms with E-state index in [-0.39, 0.29) is 29.1 Å². The largest absolute Gasteiger partial charge is 0.506 e. The number of ether oxygens (including phenoxy) is 2. The number of nitrogens with one attached hydrogen (secondary N) is 3. The van der Waals surface area contributed by atoms with Crippen LogP contribution in [0, 0.1) is 34.5 Å². The first-order valence-corrected chi connectivity index (χ1v) is 24.4. The fraction of sp³-hybridized carbons (Fsp3) is 0.345. The Hall–Kier alpha value is -7.65. The molecule has 2 aromatic heterocycles. The SMILES string of the molecule is Cc1ncsc1-c1ccc([C@@H](C)NC(=O)c2cc(O)cn2C(=O)C(NC(=O)COc2cccc(Nc3ccc4c(c3)CN(C3C(C)(C)C(Oc5ccc(C#N)c(C(F)(F)F)c5)C3(C)C)C4=O)c2)C(C)(C)C)cc1. The number of aromatic hydroxyl groups is 1. The van der Waals surface area contributed by atoms with Gasteiger partial charge in [0.1, 0.15) is 35.1 Å². The second kappa shape index (κ2) is 19.4. The molecule has 4 aromatic carbocycles. The van der Waals surface area contributed by atoms with Gasteiger partial charge in [-0.1, -0.05) is 78.8 Å². The fourth-order valence-corrected chi connectivity index (χ4v) is 11.4. The van der Waals surface area contributed by atoms with E-state index in [4.69, 9.17) is 9.47 Å². The lowest BCUT2D eigenvalue weighted by atomic mass is 9.49. The molecule has 0 bridgehead atoms. The van der Waals surface area contributed by atoms with E-state index < -0.39 is 76.1 Å². The van der Waals surface area contributed by atoms with Crippen molar-refractivity contribution in [1.29, 1.82) is 5.26 Å². The lowest BCUT2D eigenvalue weighted by Gasteiger charge is -2.65. The third kappa shape index (κ3) is 10.4. The third-order valence-electron chi connectivity index (χ3n) is 13.6. The Bertz CT molecular complexity index is 3150. The summed E-state index contributed by atoms with van der Waals surface area (Å²) in [7, 11) is 0. The van der Waals surface area contributed by atoms with Crippen molar-refractivity contribution in [2.24, 2.45) is 16.2 Å². The highest BCUT2D eigenvalue weighted by Gasteiger charge is 2.67. The molecule has 6 aromatic rings. The average Bonchev–Trinajstić information content (AvgIpc) is 4.03. The number of thiazole rings is 1. The second-order valence-corrected chi connectivity index (χ2v) is 21.7. The molecule has 73 heavy (non-hydrogen) atoms. The highest BCUT2D eigenvalue weighted by Crippen LogP contribution is 2.59. The van der Waals surface area contributed by atoms with Crippen molar-refractivity contribution in [1.82, 2.24) is 25.1 Å². The van der Waals surface area contributed by atoms with Gasteiger partial charge in [-0.2, -0.15) is 18.4 Å². The molecule has 2 aliphatic rings. The monoisotopic (exact) mass is 1020 g/mol.